The van der Waals surface area contributed by atoms with Crippen molar-refractivity contribution in [1.82, 2.24) is 0 Å². The molecule has 0 N–H and O–H groups in total. The smallest absolute Gasteiger partial charge is 0.135 e. The molecule has 1 unspecified atom stereocenters. The average Bonchev–Trinajstić information content (AvgIpc) is 3.68. The highest BCUT2D eigenvalue weighted by atomic mass is 16.3. The number of benzene rings is 7. The molecular weight excluding hydrogens is 546 g/mol. The van der Waals surface area contributed by atoms with Crippen molar-refractivity contribution in [2.75, 3.05) is 4.90 Å². The largest absolute Gasteiger partial charge is 0.456 e. The Labute approximate surface area is 269 Å². The third-order valence-electron chi connectivity index (χ3n) is 9.00. The Kier molecular flexibility index (Phi) is 4.70. The zero-order chi connectivity index (χ0) is 34.1. The van der Waals surface area contributed by atoms with Gasteiger partial charge in [0.15, 0.2) is 0 Å². The highest BCUT2D eigenvalue weighted by molar-refractivity contribution is 6.05. The molecule has 1 heterocycles. The van der Waals surface area contributed by atoms with Crippen LogP contribution >= 0.6 is 0 Å². The molecule has 0 radical (unpaired) electrons. The van der Waals surface area contributed by atoms with Crippen LogP contribution in [0.3, 0.4) is 0 Å². The monoisotopic (exact) mass is 580 g/mol. The minimum absolute atomic E-state index is 0.220. The lowest BCUT2D eigenvalue weighted by molar-refractivity contribution is 0.668. The van der Waals surface area contributed by atoms with Crippen molar-refractivity contribution in [2.24, 2.45) is 0 Å². The van der Waals surface area contributed by atoms with Gasteiger partial charge in [-0.05, 0) is 88.0 Å². The SMILES string of the molecule is [2H]c1c([2H])c([2H])c(C2(c3ccc4oc5ccccc5c4c3)c3ccccc3-c3cc(N(c4ccccc4)c4ccccc4)ccc32)c([2H])c1[2H]. The van der Waals surface area contributed by atoms with Crippen molar-refractivity contribution in [1.29, 1.82) is 0 Å². The Balaban J connectivity index is 1.40. The summed E-state index contributed by atoms with van der Waals surface area (Å²) >= 11 is 0. The summed E-state index contributed by atoms with van der Waals surface area (Å²) in [6, 6.07) is 47.0. The van der Waals surface area contributed by atoms with Gasteiger partial charge in [-0.3, -0.25) is 0 Å². The fourth-order valence-corrected chi connectivity index (χ4v) is 7.13. The van der Waals surface area contributed by atoms with Crippen LogP contribution in [0, 0.1) is 0 Å². The van der Waals surface area contributed by atoms with E-state index in [1.807, 2.05) is 91.0 Å². The molecular formula is C43H29NO. The van der Waals surface area contributed by atoms with E-state index in [1.54, 1.807) is 0 Å². The van der Waals surface area contributed by atoms with Crippen LogP contribution in [-0.2, 0) is 5.41 Å². The van der Waals surface area contributed by atoms with Crippen molar-refractivity contribution >= 4 is 39.0 Å². The maximum Gasteiger partial charge on any atom is 0.135 e. The van der Waals surface area contributed by atoms with Crippen LogP contribution in [0.15, 0.2) is 180 Å². The molecule has 9 rings (SSSR count). The summed E-state index contributed by atoms with van der Waals surface area (Å²) in [5, 5.41) is 1.84. The number of fused-ring (bicyclic) bond motifs is 6. The Morgan fingerprint density at radius 2 is 1.11 bits per heavy atom. The summed E-state index contributed by atoms with van der Waals surface area (Å²) < 4.78 is 51.0. The first-order chi connectivity index (χ1) is 24.4. The van der Waals surface area contributed by atoms with Crippen molar-refractivity contribution in [3.8, 4) is 11.1 Å². The highest BCUT2D eigenvalue weighted by Gasteiger charge is 2.46. The Morgan fingerprint density at radius 3 is 1.89 bits per heavy atom. The molecule has 2 heteroatoms. The molecule has 45 heavy (non-hydrogen) atoms. The van der Waals surface area contributed by atoms with Gasteiger partial charge in [0.1, 0.15) is 11.2 Å². The van der Waals surface area contributed by atoms with Crippen molar-refractivity contribution in [3.63, 3.8) is 0 Å². The number of para-hydroxylation sites is 3. The summed E-state index contributed by atoms with van der Waals surface area (Å²) in [5.74, 6) is 0. The maximum absolute atomic E-state index is 9.36. The van der Waals surface area contributed by atoms with Gasteiger partial charge >= 0.3 is 0 Å². The molecule has 0 aliphatic heterocycles. The number of furan rings is 1. The lowest BCUT2D eigenvalue weighted by Gasteiger charge is -2.34. The van der Waals surface area contributed by atoms with E-state index < -0.39 is 11.5 Å². The predicted octanol–water partition coefficient (Wildman–Crippen LogP) is 11.4. The lowest BCUT2D eigenvalue weighted by Crippen LogP contribution is -2.28. The predicted molar refractivity (Wildman–Crippen MR) is 186 cm³/mol. The van der Waals surface area contributed by atoms with E-state index in [1.165, 1.54) is 0 Å². The van der Waals surface area contributed by atoms with E-state index in [-0.39, 0.29) is 29.7 Å². The van der Waals surface area contributed by atoms with Crippen LogP contribution in [0.25, 0.3) is 33.1 Å². The summed E-state index contributed by atoms with van der Waals surface area (Å²) in [5.41, 5.74) is 7.74. The molecule has 1 aliphatic rings. The molecule has 2 nitrogen and oxygen atoms in total. The quantitative estimate of drug-likeness (QED) is 0.201. The molecule has 0 amide bonds. The van der Waals surface area contributed by atoms with Gasteiger partial charge in [0.05, 0.1) is 12.3 Å². The zero-order valence-electron chi connectivity index (χ0n) is 29.2. The Hall–Kier alpha value is -5.86. The van der Waals surface area contributed by atoms with Gasteiger partial charge in [0.2, 0.25) is 0 Å². The van der Waals surface area contributed by atoms with Crippen LogP contribution in [0.5, 0.6) is 0 Å². The van der Waals surface area contributed by atoms with E-state index in [9.17, 15) is 2.74 Å². The van der Waals surface area contributed by atoms with E-state index >= 15 is 0 Å². The van der Waals surface area contributed by atoms with Gasteiger partial charge in [-0.2, -0.15) is 0 Å². The highest BCUT2D eigenvalue weighted by Crippen LogP contribution is 2.57. The number of nitrogens with zero attached hydrogens (tertiary/aromatic N) is 1. The van der Waals surface area contributed by atoms with Gasteiger partial charge in [-0.15, -0.1) is 0 Å². The first-order valence-corrected chi connectivity index (χ1v) is 15.0. The van der Waals surface area contributed by atoms with Crippen LogP contribution in [0.2, 0.25) is 0 Å². The van der Waals surface area contributed by atoms with Crippen LogP contribution < -0.4 is 4.90 Å². The third kappa shape index (κ3) is 3.82. The number of anilines is 3. The topological polar surface area (TPSA) is 16.4 Å². The molecule has 8 aromatic rings. The second kappa shape index (κ2) is 10.1. The fraction of sp³-hybridized carbons (Fsp3) is 0.0233. The van der Waals surface area contributed by atoms with E-state index in [0.29, 0.717) is 0 Å². The molecule has 0 bridgehead atoms. The van der Waals surface area contributed by atoms with Gasteiger partial charge in [0.25, 0.3) is 0 Å². The molecule has 1 atom stereocenters. The van der Waals surface area contributed by atoms with Gasteiger partial charge < -0.3 is 9.32 Å². The summed E-state index contributed by atoms with van der Waals surface area (Å²) in [6.45, 7) is 0. The summed E-state index contributed by atoms with van der Waals surface area (Å²) in [7, 11) is 0. The van der Waals surface area contributed by atoms with Gasteiger partial charge in [0, 0.05) is 27.8 Å². The molecule has 1 aromatic heterocycles. The van der Waals surface area contributed by atoms with Crippen molar-refractivity contribution in [2.45, 2.75) is 5.41 Å². The second-order valence-electron chi connectivity index (χ2n) is 11.3. The summed E-state index contributed by atoms with van der Waals surface area (Å²) in [4.78, 5) is 2.21. The lowest BCUT2D eigenvalue weighted by atomic mass is 9.67. The summed E-state index contributed by atoms with van der Waals surface area (Å²) in [6.07, 6.45) is 0. The minimum Gasteiger partial charge on any atom is -0.456 e. The number of hydrogen-bond acceptors (Lipinski definition) is 2. The number of rotatable bonds is 5. The standard InChI is InChI=1S/C43H29NO/c1-4-14-30(15-5-1)43(31-24-27-42-38(28-31)36-21-11-13-23-41(36)45-42)39-22-12-10-20-35(39)37-29-34(25-26-40(37)43)44(32-16-6-2-7-17-32)33-18-8-3-9-19-33/h1-29H/i1D,4D,5D,14D,15D. The van der Waals surface area contributed by atoms with Crippen LogP contribution in [0.1, 0.15) is 29.1 Å². The second-order valence-corrected chi connectivity index (χ2v) is 11.3. The molecule has 0 fully saturated rings. The van der Waals surface area contributed by atoms with Crippen LogP contribution in [0.4, 0.5) is 17.1 Å². The first-order valence-electron chi connectivity index (χ1n) is 17.5. The first kappa shape index (κ1) is 20.9. The fourth-order valence-electron chi connectivity index (χ4n) is 7.13. The van der Waals surface area contributed by atoms with Crippen molar-refractivity contribution < 1.29 is 11.3 Å². The zero-order valence-corrected chi connectivity index (χ0v) is 24.2. The van der Waals surface area contributed by atoms with Gasteiger partial charge in [-0.1, -0.05) is 121 Å². The maximum atomic E-state index is 9.36. The number of hydrogen-bond donors (Lipinski definition) is 0. The third-order valence-corrected chi connectivity index (χ3v) is 9.00. The Bertz CT molecular complexity index is 2550. The van der Waals surface area contributed by atoms with Crippen molar-refractivity contribution in [3.05, 3.63) is 198 Å². The molecule has 0 spiro atoms. The van der Waals surface area contributed by atoms with E-state index in [0.717, 1.165) is 66.8 Å². The molecule has 1 aliphatic carbocycles. The molecule has 7 aromatic carbocycles. The molecule has 0 saturated heterocycles. The molecule has 0 saturated carbocycles. The Morgan fingerprint density at radius 1 is 0.467 bits per heavy atom. The van der Waals surface area contributed by atoms with E-state index in [2.05, 4.69) is 59.5 Å². The van der Waals surface area contributed by atoms with Crippen LogP contribution in [-0.4, -0.2) is 0 Å². The molecule has 212 valence electrons. The average molecular weight is 581 g/mol. The normalized spacial score (nSPS) is 16.8. The van der Waals surface area contributed by atoms with E-state index in [4.69, 9.17) is 8.53 Å². The minimum atomic E-state index is -1.24. The van der Waals surface area contributed by atoms with Gasteiger partial charge in [-0.25, -0.2) is 0 Å².